The van der Waals surface area contributed by atoms with Gasteiger partial charge in [0.25, 0.3) is 0 Å². The SMILES string of the molecule is c1cc(-c2ccc3ccc4cccnc4c3n2)cc(-c2nc(-c3cccc(-c4ccc5ccc6cccnc6c5n4)c3)nc(-c3ccc4oc5ccccc5c4c3)n2)c1. The number of fused-ring (bicyclic) bond motifs is 9. The van der Waals surface area contributed by atoms with Crippen molar-refractivity contribution in [2.24, 2.45) is 0 Å². The monoisotopic (exact) mass is 755 g/mol. The van der Waals surface area contributed by atoms with E-state index in [9.17, 15) is 0 Å². The van der Waals surface area contributed by atoms with Gasteiger partial charge in [-0.1, -0.05) is 103 Å². The highest BCUT2D eigenvalue weighted by molar-refractivity contribution is 6.07. The van der Waals surface area contributed by atoms with Crippen LogP contribution in [0.2, 0.25) is 0 Å². The zero-order valence-corrected chi connectivity index (χ0v) is 31.3. The van der Waals surface area contributed by atoms with Crippen molar-refractivity contribution in [1.29, 1.82) is 0 Å². The van der Waals surface area contributed by atoms with Gasteiger partial charge in [0.15, 0.2) is 17.5 Å². The molecular formula is C51H29N7O. The Balaban J connectivity index is 1.01. The first-order chi connectivity index (χ1) is 29.2. The number of hydrogen-bond donors (Lipinski definition) is 0. The normalized spacial score (nSPS) is 11.7. The lowest BCUT2D eigenvalue weighted by molar-refractivity contribution is 0.669. The first-order valence-electron chi connectivity index (χ1n) is 19.4. The summed E-state index contributed by atoms with van der Waals surface area (Å²) in [6, 6.07) is 55.3. The van der Waals surface area contributed by atoms with E-state index in [-0.39, 0.29) is 0 Å². The Morgan fingerprint density at radius 1 is 0.305 bits per heavy atom. The lowest BCUT2D eigenvalue weighted by Gasteiger charge is -2.11. The van der Waals surface area contributed by atoms with Gasteiger partial charge in [0.05, 0.1) is 33.5 Å². The Morgan fingerprint density at radius 3 is 1.36 bits per heavy atom. The van der Waals surface area contributed by atoms with Crippen molar-refractivity contribution in [1.82, 2.24) is 34.9 Å². The number of rotatable bonds is 5. The minimum absolute atomic E-state index is 0.545. The molecule has 6 aromatic heterocycles. The van der Waals surface area contributed by atoms with E-state index >= 15 is 0 Å². The maximum absolute atomic E-state index is 6.17. The minimum Gasteiger partial charge on any atom is -0.456 e. The number of benzene rings is 6. The van der Waals surface area contributed by atoms with E-state index in [1.54, 1.807) is 0 Å². The number of para-hydroxylation sites is 1. The summed E-state index contributed by atoms with van der Waals surface area (Å²) in [5.74, 6) is 1.64. The first-order valence-corrected chi connectivity index (χ1v) is 19.4. The molecular weight excluding hydrogens is 727 g/mol. The van der Waals surface area contributed by atoms with Gasteiger partial charge in [-0.2, -0.15) is 0 Å². The number of aromatic nitrogens is 7. The summed E-state index contributed by atoms with van der Waals surface area (Å²) < 4.78 is 6.17. The van der Waals surface area contributed by atoms with Gasteiger partial charge < -0.3 is 4.42 Å². The lowest BCUT2D eigenvalue weighted by Crippen LogP contribution is -2.00. The zero-order chi connectivity index (χ0) is 38.9. The average Bonchev–Trinajstić information content (AvgIpc) is 3.69. The van der Waals surface area contributed by atoms with Crippen LogP contribution in [-0.4, -0.2) is 34.9 Å². The fourth-order valence-corrected chi connectivity index (χ4v) is 8.03. The highest BCUT2D eigenvalue weighted by Crippen LogP contribution is 2.35. The van der Waals surface area contributed by atoms with E-state index in [0.29, 0.717) is 17.5 Å². The highest BCUT2D eigenvalue weighted by Gasteiger charge is 2.17. The second kappa shape index (κ2) is 13.2. The molecule has 0 aliphatic heterocycles. The van der Waals surface area contributed by atoms with Crippen molar-refractivity contribution in [3.05, 3.63) is 176 Å². The van der Waals surface area contributed by atoms with E-state index < -0.39 is 0 Å². The molecule has 0 saturated carbocycles. The van der Waals surface area contributed by atoms with Crippen LogP contribution in [0, 0.1) is 0 Å². The van der Waals surface area contributed by atoms with Crippen LogP contribution < -0.4 is 0 Å². The number of nitrogens with zero attached hydrogens (tertiary/aromatic N) is 7. The van der Waals surface area contributed by atoms with Gasteiger partial charge in [-0.05, 0) is 60.7 Å². The quantitative estimate of drug-likeness (QED) is 0.160. The third-order valence-electron chi connectivity index (χ3n) is 11.0. The zero-order valence-electron chi connectivity index (χ0n) is 31.3. The molecule has 6 heterocycles. The first kappa shape index (κ1) is 33.0. The van der Waals surface area contributed by atoms with Crippen molar-refractivity contribution in [2.45, 2.75) is 0 Å². The van der Waals surface area contributed by atoms with Crippen molar-refractivity contribution in [3.8, 4) is 56.7 Å². The smallest absolute Gasteiger partial charge is 0.164 e. The molecule has 12 rings (SSSR count). The third kappa shape index (κ3) is 5.65. The van der Waals surface area contributed by atoms with Crippen molar-refractivity contribution in [3.63, 3.8) is 0 Å². The van der Waals surface area contributed by atoms with Gasteiger partial charge in [-0.15, -0.1) is 0 Å². The van der Waals surface area contributed by atoms with E-state index in [1.165, 1.54) is 0 Å². The number of hydrogen-bond acceptors (Lipinski definition) is 8. The molecule has 0 saturated heterocycles. The largest absolute Gasteiger partial charge is 0.456 e. The Labute approximate surface area is 336 Å². The van der Waals surface area contributed by atoms with Crippen LogP contribution in [0.25, 0.3) is 122 Å². The Bertz CT molecular complexity index is 3470. The molecule has 6 aromatic carbocycles. The van der Waals surface area contributed by atoms with Crippen LogP contribution >= 0.6 is 0 Å². The Morgan fingerprint density at radius 2 is 0.780 bits per heavy atom. The molecule has 274 valence electrons. The van der Waals surface area contributed by atoms with Gasteiger partial charge >= 0.3 is 0 Å². The molecule has 0 bridgehead atoms. The lowest BCUT2D eigenvalue weighted by atomic mass is 10.0. The molecule has 0 fully saturated rings. The van der Waals surface area contributed by atoms with E-state index in [2.05, 4.69) is 107 Å². The van der Waals surface area contributed by atoms with Gasteiger partial charge in [0.1, 0.15) is 11.2 Å². The third-order valence-corrected chi connectivity index (χ3v) is 11.0. The molecule has 12 aromatic rings. The molecule has 0 radical (unpaired) electrons. The van der Waals surface area contributed by atoms with Crippen molar-refractivity contribution in [2.75, 3.05) is 0 Å². The number of pyridine rings is 4. The number of furan rings is 1. The summed E-state index contributed by atoms with van der Waals surface area (Å²) in [4.78, 5) is 35.0. The fourth-order valence-electron chi connectivity index (χ4n) is 8.03. The van der Waals surface area contributed by atoms with E-state index in [0.717, 1.165) is 105 Å². The minimum atomic E-state index is 0.545. The van der Waals surface area contributed by atoms with Crippen LogP contribution in [0.1, 0.15) is 0 Å². The van der Waals surface area contributed by atoms with Crippen molar-refractivity contribution >= 4 is 65.6 Å². The fraction of sp³-hybridized carbons (Fsp3) is 0. The predicted molar refractivity (Wildman–Crippen MR) is 235 cm³/mol. The summed E-state index contributed by atoms with van der Waals surface area (Å²) in [5, 5.41) is 6.22. The Hall–Kier alpha value is -8.23. The van der Waals surface area contributed by atoms with Crippen molar-refractivity contribution < 1.29 is 4.42 Å². The average molecular weight is 756 g/mol. The molecule has 8 nitrogen and oxygen atoms in total. The van der Waals surface area contributed by atoms with Crippen LogP contribution in [-0.2, 0) is 0 Å². The van der Waals surface area contributed by atoms with Crippen LogP contribution in [0.3, 0.4) is 0 Å². The predicted octanol–water partition coefficient (Wildman–Crippen LogP) is 12.3. The van der Waals surface area contributed by atoms with Gasteiger partial charge in [0, 0.05) is 72.5 Å². The molecule has 0 aliphatic rings. The summed E-state index contributed by atoms with van der Waals surface area (Å²) in [7, 11) is 0. The topological polar surface area (TPSA) is 103 Å². The molecule has 8 heteroatoms. The second-order valence-corrected chi connectivity index (χ2v) is 14.6. The molecule has 0 atom stereocenters. The van der Waals surface area contributed by atoms with E-state index in [1.807, 2.05) is 79.1 Å². The molecule has 59 heavy (non-hydrogen) atoms. The van der Waals surface area contributed by atoms with Gasteiger partial charge in [-0.25, -0.2) is 24.9 Å². The molecule has 0 amide bonds. The van der Waals surface area contributed by atoms with Crippen LogP contribution in [0.15, 0.2) is 181 Å². The Kier molecular flexibility index (Phi) is 7.36. The molecule has 0 unspecified atom stereocenters. The van der Waals surface area contributed by atoms with Gasteiger partial charge in [-0.3, -0.25) is 9.97 Å². The summed E-state index contributed by atoms with van der Waals surface area (Å²) in [5.41, 5.74) is 11.2. The molecule has 0 spiro atoms. The molecule has 0 N–H and O–H groups in total. The highest BCUT2D eigenvalue weighted by atomic mass is 16.3. The maximum atomic E-state index is 6.17. The molecule has 0 aliphatic carbocycles. The second-order valence-electron chi connectivity index (χ2n) is 14.6. The van der Waals surface area contributed by atoms with Gasteiger partial charge in [0.2, 0.25) is 0 Å². The summed E-state index contributed by atoms with van der Waals surface area (Å²) in [6.07, 6.45) is 3.62. The van der Waals surface area contributed by atoms with E-state index in [4.69, 9.17) is 29.3 Å². The standard InChI is InChI=1S/C51H29N7O/c1-2-14-43-39(13-1)40-29-38(21-24-44(40)59-43)51-57-49(36-9-3-7-34(27-36)41-22-19-32-17-15-30-11-5-25-52-45(30)47(32)54-41)56-50(58-51)37-10-4-8-35(28-37)42-23-20-33-18-16-31-12-6-26-53-46(31)48(33)55-42/h1-29H. The summed E-state index contributed by atoms with van der Waals surface area (Å²) >= 11 is 0. The van der Waals surface area contributed by atoms with Crippen LogP contribution in [0.4, 0.5) is 0 Å². The maximum Gasteiger partial charge on any atom is 0.164 e. The van der Waals surface area contributed by atoms with Crippen LogP contribution in [0.5, 0.6) is 0 Å². The summed E-state index contributed by atoms with van der Waals surface area (Å²) in [6.45, 7) is 0.